The smallest absolute Gasteiger partial charge is 0.475 e. The van der Waals surface area contributed by atoms with E-state index in [-0.39, 0.29) is 11.8 Å². The van der Waals surface area contributed by atoms with Gasteiger partial charge >= 0.3 is 12.1 Å². The molecule has 0 radical (unpaired) electrons. The van der Waals surface area contributed by atoms with Crippen molar-refractivity contribution in [2.75, 3.05) is 0 Å². The molecule has 0 aliphatic carbocycles. The summed E-state index contributed by atoms with van der Waals surface area (Å²) < 4.78 is 31.7. The highest BCUT2D eigenvalue weighted by Gasteiger charge is 2.38. The lowest BCUT2D eigenvalue weighted by molar-refractivity contribution is -0.192. The number of aliphatic carboxylic acids is 1. The van der Waals surface area contributed by atoms with Gasteiger partial charge in [-0.1, -0.05) is 39.5 Å². The molecule has 0 saturated heterocycles. The highest BCUT2D eigenvalue weighted by Crippen LogP contribution is 2.13. The minimum Gasteiger partial charge on any atom is -0.475 e. The fourth-order valence-electron chi connectivity index (χ4n) is 1.02. The summed E-state index contributed by atoms with van der Waals surface area (Å²) in [4.78, 5) is 19.5. The molecule has 0 aromatic rings. The normalized spacial score (nSPS) is 12.3. The van der Waals surface area contributed by atoms with E-state index >= 15 is 0 Å². The number of amides is 1. The van der Waals surface area contributed by atoms with E-state index in [0.717, 1.165) is 12.8 Å². The van der Waals surface area contributed by atoms with Crippen LogP contribution in [0.4, 0.5) is 13.2 Å². The second-order valence-corrected chi connectivity index (χ2v) is 3.96. The summed E-state index contributed by atoms with van der Waals surface area (Å²) in [5, 5.41) is 7.12. The van der Waals surface area contributed by atoms with Gasteiger partial charge in [0, 0.05) is 5.92 Å². The van der Waals surface area contributed by atoms with E-state index in [4.69, 9.17) is 15.6 Å². The van der Waals surface area contributed by atoms with Crippen molar-refractivity contribution < 1.29 is 27.9 Å². The second-order valence-electron chi connectivity index (χ2n) is 3.96. The lowest BCUT2D eigenvalue weighted by atomic mass is 10.0. The highest BCUT2D eigenvalue weighted by molar-refractivity contribution is 5.76. The van der Waals surface area contributed by atoms with Crippen molar-refractivity contribution in [3.05, 3.63) is 0 Å². The number of carbonyl (C=O) groups excluding carboxylic acids is 1. The molecule has 1 unspecified atom stereocenters. The monoisotopic (exact) mass is 271 g/mol. The van der Waals surface area contributed by atoms with Crippen molar-refractivity contribution in [1.82, 2.24) is 0 Å². The number of carboxylic acid groups (broad SMARTS) is 1. The predicted octanol–water partition coefficient (Wildman–Crippen LogP) is 2.71. The molecule has 0 aromatic heterocycles. The van der Waals surface area contributed by atoms with Crippen LogP contribution in [0.1, 0.15) is 46.0 Å². The number of primary amides is 1. The zero-order valence-electron chi connectivity index (χ0n) is 10.6. The topological polar surface area (TPSA) is 80.4 Å². The molecule has 0 saturated carbocycles. The molecule has 0 aromatic carbocycles. The van der Waals surface area contributed by atoms with Gasteiger partial charge in [-0.05, 0) is 6.42 Å². The molecule has 0 heterocycles. The second kappa shape index (κ2) is 9.73. The fraction of sp³-hybridized carbons (Fsp3) is 0.818. The van der Waals surface area contributed by atoms with Crippen molar-refractivity contribution in [2.24, 2.45) is 11.7 Å². The molecular weight excluding hydrogens is 251 g/mol. The molecule has 0 fully saturated rings. The van der Waals surface area contributed by atoms with Gasteiger partial charge in [0.05, 0.1) is 0 Å². The Morgan fingerprint density at radius 1 is 1.22 bits per heavy atom. The first-order valence-electron chi connectivity index (χ1n) is 5.72. The van der Waals surface area contributed by atoms with Crippen molar-refractivity contribution >= 4 is 11.9 Å². The van der Waals surface area contributed by atoms with Gasteiger partial charge in [0.2, 0.25) is 5.91 Å². The number of alkyl halides is 3. The van der Waals surface area contributed by atoms with E-state index in [0.29, 0.717) is 0 Å². The van der Waals surface area contributed by atoms with Crippen LogP contribution in [0.3, 0.4) is 0 Å². The molecule has 0 aliphatic rings. The van der Waals surface area contributed by atoms with Crippen molar-refractivity contribution in [2.45, 2.75) is 52.1 Å². The number of carbonyl (C=O) groups is 2. The summed E-state index contributed by atoms with van der Waals surface area (Å²) >= 11 is 0. The third-order valence-corrected chi connectivity index (χ3v) is 2.22. The largest absolute Gasteiger partial charge is 0.490 e. The Kier molecular flexibility index (Phi) is 10.3. The molecule has 3 N–H and O–H groups in total. The van der Waals surface area contributed by atoms with Crippen LogP contribution in [0.2, 0.25) is 0 Å². The molecule has 7 heteroatoms. The minimum absolute atomic E-state index is 0.0619. The maximum Gasteiger partial charge on any atom is 0.490 e. The number of carboxylic acids is 1. The van der Waals surface area contributed by atoms with Crippen LogP contribution in [-0.2, 0) is 9.59 Å². The molecule has 108 valence electrons. The van der Waals surface area contributed by atoms with Crippen molar-refractivity contribution in [3.63, 3.8) is 0 Å². The Hall–Kier alpha value is -1.27. The van der Waals surface area contributed by atoms with Crippen LogP contribution < -0.4 is 5.73 Å². The molecule has 4 nitrogen and oxygen atoms in total. The summed E-state index contributed by atoms with van der Waals surface area (Å²) in [6, 6.07) is 0. The van der Waals surface area contributed by atoms with Crippen LogP contribution in [0.15, 0.2) is 0 Å². The van der Waals surface area contributed by atoms with E-state index < -0.39 is 12.1 Å². The van der Waals surface area contributed by atoms with Gasteiger partial charge < -0.3 is 10.8 Å². The maximum absolute atomic E-state index is 10.6. The Morgan fingerprint density at radius 3 is 1.94 bits per heavy atom. The van der Waals surface area contributed by atoms with Crippen LogP contribution in [0.5, 0.6) is 0 Å². The molecule has 0 bridgehead atoms. The molecule has 18 heavy (non-hydrogen) atoms. The van der Waals surface area contributed by atoms with Crippen LogP contribution in [0.25, 0.3) is 0 Å². The molecular formula is C11H20F3NO3. The van der Waals surface area contributed by atoms with E-state index in [2.05, 4.69) is 6.92 Å². The molecule has 0 spiro atoms. The third-order valence-electron chi connectivity index (χ3n) is 2.22. The Balaban J connectivity index is 0. The number of hydrogen-bond acceptors (Lipinski definition) is 2. The summed E-state index contributed by atoms with van der Waals surface area (Å²) in [6.45, 7) is 4.08. The highest BCUT2D eigenvalue weighted by atomic mass is 19.4. The zero-order chi connectivity index (χ0) is 14.8. The van der Waals surface area contributed by atoms with E-state index in [1.807, 2.05) is 6.92 Å². The standard InChI is InChI=1S/C9H19NO.C2HF3O2/c1-3-4-5-6-7-8(2)9(10)11;3-2(4,5)1(6)7/h8H,3-7H2,1-2H3,(H2,10,11);(H,6,7). The lowest BCUT2D eigenvalue weighted by Gasteiger charge is -2.05. The number of halogens is 3. The summed E-state index contributed by atoms with van der Waals surface area (Å²) in [6.07, 6.45) is 0.748. The lowest BCUT2D eigenvalue weighted by Crippen LogP contribution is -2.21. The summed E-state index contributed by atoms with van der Waals surface area (Å²) in [7, 11) is 0. The third kappa shape index (κ3) is 12.8. The summed E-state index contributed by atoms with van der Waals surface area (Å²) in [5.74, 6) is -2.86. The Morgan fingerprint density at radius 2 is 1.67 bits per heavy atom. The van der Waals surface area contributed by atoms with Crippen molar-refractivity contribution in [3.8, 4) is 0 Å². The first-order valence-corrected chi connectivity index (χ1v) is 5.72. The first-order chi connectivity index (χ1) is 8.12. The minimum atomic E-state index is -5.08. The average Bonchev–Trinajstić information content (AvgIpc) is 2.23. The Labute approximate surface area is 104 Å². The van der Waals surface area contributed by atoms with Gasteiger partial charge in [0.1, 0.15) is 0 Å². The number of nitrogens with two attached hydrogens (primary N) is 1. The quantitative estimate of drug-likeness (QED) is 0.729. The average molecular weight is 271 g/mol. The van der Waals surface area contributed by atoms with Crippen LogP contribution >= 0.6 is 0 Å². The van der Waals surface area contributed by atoms with Crippen LogP contribution in [-0.4, -0.2) is 23.2 Å². The number of rotatable bonds is 6. The molecule has 0 aliphatic heterocycles. The predicted molar refractivity (Wildman–Crippen MR) is 60.8 cm³/mol. The van der Waals surface area contributed by atoms with Crippen LogP contribution in [0, 0.1) is 5.92 Å². The number of hydrogen-bond donors (Lipinski definition) is 2. The molecule has 1 atom stereocenters. The van der Waals surface area contributed by atoms with Gasteiger partial charge in [0.25, 0.3) is 0 Å². The van der Waals surface area contributed by atoms with Gasteiger partial charge in [-0.25, -0.2) is 4.79 Å². The van der Waals surface area contributed by atoms with E-state index in [1.165, 1.54) is 19.3 Å². The fourth-order valence-corrected chi connectivity index (χ4v) is 1.02. The summed E-state index contributed by atoms with van der Waals surface area (Å²) in [5.41, 5.74) is 5.11. The molecule has 1 amide bonds. The van der Waals surface area contributed by atoms with E-state index in [9.17, 15) is 18.0 Å². The Bertz CT molecular complexity index is 254. The number of unbranched alkanes of at least 4 members (excludes halogenated alkanes) is 3. The van der Waals surface area contributed by atoms with Crippen molar-refractivity contribution in [1.29, 1.82) is 0 Å². The maximum atomic E-state index is 10.6. The van der Waals surface area contributed by atoms with Gasteiger partial charge in [0.15, 0.2) is 0 Å². The SMILES string of the molecule is CCCCCCC(C)C(N)=O.O=C(O)C(F)(F)F. The molecule has 0 rings (SSSR count). The van der Waals surface area contributed by atoms with Gasteiger partial charge in [-0.2, -0.15) is 13.2 Å². The van der Waals surface area contributed by atoms with Gasteiger partial charge in [-0.3, -0.25) is 4.79 Å². The zero-order valence-corrected chi connectivity index (χ0v) is 10.6. The first kappa shape index (κ1) is 19.1. The van der Waals surface area contributed by atoms with Gasteiger partial charge in [-0.15, -0.1) is 0 Å². The van der Waals surface area contributed by atoms with E-state index in [1.54, 1.807) is 0 Å².